The molecule has 0 unspecified atom stereocenters. The molecule has 2 heterocycles. The zero-order valence-electron chi connectivity index (χ0n) is 19.5. The molecular weight excluding hydrogens is 482 g/mol. The second-order valence-corrected chi connectivity index (χ2v) is 8.28. The Kier molecular flexibility index (Phi) is 6.57. The van der Waals surface area contributed by atoms with Gasteiger partial charge in [0.05, 0.1) is 5.56 Å². The summed E-state index contributed by atoms with van der Waals surface area (Å²) in [6.07, 6.45) is -4.54. The molecule has 2 aromatic carbocycles. The maximum atomic E-state index is 15.1. The first kappa shape index (κ1) is 25.0. The molecule has 11 heteroatoms. The van der Waals surface area contributed by atoms with Crippen LogP contribution in [0, 0.1) is 26.6 Å². The smallest absolute Gasteiger partial charge is 0.439 e. The monoisotopic (exact) mass is 503 g/mol. The molecule has 0 saturated carbocycles. The standard InChI is InChI=1S/C25H21F4N3O4/c1-12-5-4-6-16(21(12)25(27,28)29)23-18(33)8-7-15(30-23)10-17-13(2)9-19(22(26)14(17)3)35-11-20-31-24(34)36-32-20/h4-9,33H,10-11H2,1-3H3,(H,31,32,34). The highest BCUT2D eigenvalue weighted by Gasteiger charge is 2.36. The lowest BCUT2D eigenvalue weighted by atomic mass is 9.95. The second-order valence-electron chi connectivity index (χ2n) is 8.28. The van der Waals surface area contributed by atoms with Gasteiger partial charge in [-0.3, -0.25) is 9.51 Å². The highest BCUT2D eigenvalue weighted by atomic mass is 19.4. The number of aryl methyl sites for hydroxylation is 2. The molecule has 4 aromatic rings. The molecule has 0 spiro atoms. The molecule has 0 radical (unpaired) electrons. The highest BCUT2D eigenvalue weighted by Crippen LogP contribution is 2.41. The van der Waals surface area contributed by atoms with Crippen LogP contribution < -0.4 is 10.5 Å². The summed E-state index contributed by atoms with van der Waals surface area (Å²) in [6.45, 7) is 4.40. The molecule has 4 rings (SSSR count). The minimum atomic E-state index is -4.64. The van der Waals surface area contributed by atoms with Crippen LogP contribution in [0.25, 0.3) is 11.3 Å². The largest absolute Gasteiger partial charge is 0.506 e. The zero-order valence-corrected chi connectivity index (χ0v) is 19.5. The number of nitrogens with zero attached hydrogens (tertiary/aromatic N) is 2. The van der Waals surface area contributed by atoms with Gasteiger partial charge in [-0.25, -0.2) is 14.2 Å². The summed E-state index contributed by atoms with van der Waals surface area (Å²) in [5.41, 5.74) is 0.513. The van der Waals surface area contributed by atoms with Gasteiger partial charge in [0.25, 0.3) is 0 Å². The van der Waals surface area contributed by atoms with Crippen LogP contribution in [-0.4, -0.2) is 20.2 Å². The summed E-state index contributed by atoms with van der Waals surface area (Å²) in [7, 11) is 0. The van der Waals surface area contributed by atoms with Crippen LogP contribution in [-0.2, 0) is 19.2 Å². The van der Waals surface area contributed by atoms with Gasteiger partial charge in [-0.05, 0) is 61.2 Å². The van der Waals surface area contributed by atoms with E-state index >= 15 is 4.39 Å². The van der Waals surface area contributed by atoms with E-state index < -0.39 is 29.1 Å². The second kappa shape index (κ2) is 9.48. The number of ether oxygens (including phenoxy) is 1. The van der Waals surface area contributed by atoms with Crippen LogP contribution in [0.5, 0.6) is 11.5 Å². The number of hydrogen-bond acceptors (Lipinski definition) is 6. The molecule has 7 nitrogen and oxygen atoms in total. The third-order valence-electron chi connectivity index (χ3n) is 5.77. The molecule has 36 heavy (non-hydrogen) atoms. The fourth-order valence-electron chi connectivity index (χ4n) is 4.02. The van der Waals surface area contributed by atoms with E-state index in [1.807, 2.05) is 0 Å². The fourth-order valence-corrected chi connectivity index (χ4v) is 4.02. The SMILES string of the molecule is Cc1cc(OCc2noc(=O)[nH]2)c(F)c(C)c1Cc1ccc(O)c(-c2cccc(C)c2C(F)(F)F)n1. The summed E-state index contributed by atoms with van der Waals surface area (Å²) in [4.78, 5) is 17.6. The lowest BCUT2D eigenvalue weighted by Gasteiger charge is -2.17. The normalized spacial score (nSPS) is 11.6. The van der Waals surface area contributed by atoms with Crippen molar-refractivity contribution < 1.29 is 31.9 Å². The van der Waals surface area contributed by atoms with E-state index in [0.717, 1.165) is 0 Å². The summed E-state index contributed by atoms with van der Waals surface area (Å²) in [6, 6.07) is 8.28. The molecule has 0 aliphatic carbocycles. The Balaban J connectivity index is 1.67. The summed E-state index contributed by atoms with van der Waals surface area (Å²) in [5.74, 6) is -1.77. The van der Waals surface area contributed by atoms with Crippen molar-refractivity contribution in [3.05, 3.63) is 92.1 Å². The van der Waals surface area contributed by atoms with Crippen LogP contribution in [0.4, 0.5) is 17.6 Å². The molecule has 2 aromatic heterocycles. The highest BCUT2D eigenvalue weighted by molar-refractivity contribution is 5.71. The number of aromatic hydroxyl groups is 1. The van der Waals surface area contributed by atoms with E-state index in [0.29, 0.717) is 16.8 Å². The molecular formula is C25H21F4N3O4. The van der Waals surface area contributed by atoms with Gasteiger partial charge in [-0.2, -0.15) is 13.2 Å². The molecule has 0 atom stereocenters. The van der Waals surface area contributed by atoms with Crippen molar-refractivity contribution in [3.63, 3.8) is 0 Å². The van der Waals surface area contributed by atoms with Crippen molar-refractivity contribution in [2.75, 3.05) is 0 Å². The van der Waals surface area contributed by atoms with Gasteiger partial charge in [-0.15, -0.1) is 0 Å². The van der Waals surface area contributed by atoms with E-state index in [1.54, 1.807) is 13.8 Å². The number of hydrogen-bond donors (Lipinski definition) is 2. The van der Waals surface area contributed by atoms with Gasteiger partial charge >= 0.3 is 11.9 Å². The van der Waals surface area contributed by atoms with E-state index in [-0.39, 0.29) is 47.0 Å². The topological polar surface area (TPSA) is 101 Å². The summed E-state index contributed by atoms with van der Waals surface area (Å²) in [5, 5.41) is 13.8. The Morgan fingerprint density at radius 1 is 1.11 bits per heavy atom. The van der Waals surface area contributed by atoms with Gasteiger partial charge in [-0.1, -0.05) is 23.4 Å². The molecule has 0 amide bonds. The number of aromatic amines is 1. The third-order valence-corrected chi connectivity index (χ3v) is 5.77. The van der Waals surface area contributed by atoms with Gasteiger partial charge in [0, 0.05) is 17.7 Å². The van der Waals surface area contributed by atoms with Crippen molar-refractivity contribution in [3.8, 4) is 22.8 Å². The van der Waals surface area contributed by atoms with E-state index in [9.17, 15) is 23.1 Å². The fraction of sp³-hybridized carbons (Fsp3) is 0.240. The van der Waals surface area contributed by atoms with Gasteiger partial charge in [0.15, 0.2) is 17.4 Å². The quantitative estimate of drug-likeness (QED) is 0.343. The van der Waals surface area contributed by atoms with Crippen LogP contribution in [0.3, 0.4) is 0 Å². The van der Waals surface area contributed by atoms with Crippen LogP contribution in [0.1, 0.15) is 39.3 Å². The zero-order chi connectivity index (χ0) is 26.2. The molecule has 2 N–H and O–H groups in total. The Bertz CT molecular complexity index is 1490. The number of nitrogens with one attached hydrogen (secondary N) is 1. The molecule has 0 aliphatic heterocycles. The van der Waals surface area contributed by atoms with Gasteiger partial charge in [0.2, 0.25) is 0 Å². The Hall–Kier alpha value is -4.15. The predicted molar refractivity (Wildman–Crippen MR) is 121 cm³/mol. The average molecular weight is 503 g/mol. The van der Waals surface area contributed by atoms with Crippen molar-refractivity contribution in [2.45, 2.75) is 40.0 Å². The molecule has 0 saturated heterocycles. The Morgan fingerprint density at radius 3 is 2.53 bits per heavy atom. The molecule has 188 valence electrons. The first-order valence-corrected chi connectivity index (χ1v) is 10.8. The summed E-state index contributed by atoms with van der Waals surface area (Å²) >= 11 is 0. The third kappa shape index (κ3) is 4.95. The number of H-pyrrole nitrogens is 1. The molecule has 0 aliphatic rings. The number of alkyl halides is 3. The Morgan fingerprint density at radius 2 is 1.86 bits per heavy atom. The summed E-state index contributed by atoms with van der Waals surface area (Å²) < 4.78 is 66.1. The van der Waals surface area contributed by atoms with E-state index in [2.05, 4.69) is 19.6 Å². The van der Waals surface area contributed by atoms with E-state index in [1.165, 1.54) is 43.3 Å². The van der Waals surface area contributed by atoms with Gasteiger partial charge in [0.1, 0.15) is 18.1 Å². The lowest BCUT2D eigenvalue weighted by Crippen LogP contribution is -2.10. The minimum Gasteiger partial charge on any atom is -0.506 e. The Labute approximate surface area is 202 Å². The predicted octanol–water partition coefficient (Wildman–Crippen LogP) is 5.38. The number of rotatable bonds is 6. The number of halogens is 4. The van der Waals surface area contributed by atoms with E-state index in [4.69, 9.17) is 4.74 Å². The van der Waals surface area contributed by atoms with Crippen molar-refractivity contribution in [1.29, 1.82) is 0 Å². The first-order valence-electron chi connectivity index (χ1n) is 10.8. The van der Waals surface area contributed by atoms with Crippen LogP contribution in [0.15, 0.2) is 45.7 Å². The molecule has 0 bridgehead atoms. The van der Waals surface area contributed by atoms with Crippen LogP contribution in [0.2, 0.25) is 0 Å². The number of benzene rings is 2. The maximum Gasteiger partial charge on any atom is 0.439 e. The van der Waals surface area contributed by atoms with Crippen LogP contribution >= 0.6 is 0 Å². The van der Waals surface area contributed by atoms with Crippen molar-refractivity contribution in [2.24, 2.45) is 0 Å². The minimum absolute atomic E-state index is 0.00523. The average Bonchev–Trinajstić information content (AvgIpc) is 3.23. The van der Waals surface area contributed by atoms with Gasteiger partial charge < -0.3 is 9.84 Å². The lowest BCUT2D eigenvalue weighted by molar-refractivity contribution is -0.137. The first-order chi connectivity index (χ1) is 17.0. The van der Waals surface area contributed by atoms with Crippen molar-refractivity contribution >= 4 is 0 Å². The number of pyridine rings is 1. The maximum absolute atomic E-state index is 15.1. The number of aromatic nitrogens is 3. The van der Waals surface area contributed by atoms with Crippen molar-refractivity contribution in [1.82, 2.24) is 15.1 Å². The molecule has 0 fully saturated rings.